The van der Waals surface area contributed by atoms with Crippen molar-refractivity contribution < 1.29 is 0 Å². The van der Waals surface area contributed by atoms with Gasteiger partial charge in [-0.2, -0.15) is 0 Å². The van der Waals surface area contributed by atoms with Crippen LogP contribution in [0.1, 0.15) is 35.4 Å². The SMILES string of the molecule is C1=CCC(C2Cc3ccccc3-c3cc(N(c4ccccc4)C4C=CC(c5ccc(N(c6ccc(-c7ccccc7)cc6)c6ccc(-c7ccccc7)cc6)cc5)=CC4)ccc32)C=C1. The Morgan fingerprint density at radius 2 is 0.953 bits per heavy atom. The molecule has 8 aromatic rings. The number of rotatable bonds is 10. The predicted molar refractivity (Wildman–Crippen MR) is 271 cm³/mol. The Kier molecular flexibility index (Phi) is 10.8. The maximum Gasteiger partial charge on any atom is 0.0560 e. The summed E-state index contributed by atoms with van der Waals surface area (Å²) in [6.07, 6.45) is 19.4. The molecule has 0 saturated heterocycles. The van der Waals surface area contributed by atoms with E-state index in [0.29, 0.717) is 11.8 Å². The number of anilines is 5. The second-order valence-corrected chi connectivity index (χ2v) is 17.2. The third-order valence-electron chi connectivity index (χ3n) is 13.4. The molecule has 8 aromatic carbocycles. The van der Waals surface area contributed by atoms with Crippen LogP contribution in [0.15, 0.2) is 249 Å². The molecule has 0 radical (unpaired) electrons. The van der Waals surface area contributed by atoms with Crippen molar-refractivity contribution in [3.05, 3.63) is 265 Å². The van der Waals surface area contributed by atoms with Gasteiger partial charge in [-0.1, -0.05) is 188 Å². The predicted octanol–water partition coefficient (Wildman–Crippen LogP) is 16.5. The van der Waals surface area contributed by atoms with Crippen LogP contribution < -0.4 is 9.80 Å². The fourth-order valence-electron chi connectivity index (χ4n) is 10.1. The van der Waals surface area contributed by atoms with E-state index in [0.717, 1.165) is 36.3 Å². The van der Waals surface area contributed by atoms with Crippen LogP contribution in [-0.2, 0) is 6.42 Å². The smallest absolute Gasteiger partial charge is 0.0560 e. The van der Waals surface area contributed by atoms with Gasteiger partial charge in [-0.3, -0.25) is 0 Å². The van der Waals surface area contributed by atoms with Gasteiger partial charge in [-0.25, -0.2) is 0 Å². The molecule has 3 atom stereocenters. The molecule has 3 unspecified atom stereocenters. The number of fused-ring (bicyclic) bond motifs is 3. The minimum absolute atomic E-state index is 0.165. The van der Waals surface area contributed by atoms with Gasteiger partial charge in [0.1, 0.15) is 0 Å². The van der Waals surface area contributed by atoms with Crippen molar-refractivity contribution in [2.24, 2.45) is 5.92 Å². The summed E-state index contributed by atoms with van der Waals surface area (Å²) in [5.74, 6) is 0.970. The summed E-state index contributed by atoms with van der Waals surface area (Å²) in [7, 11) is 0. The monoisotopic (exact) mass is 822 g/mol. The van der Waals surface area contributed by atoms with E-state index in [1.807, 2.05) is 0 Å². The average Bonchev–Trinajstić information content (AvgIpc) is 3.38. The van der Waals surface area contributed by atoms with Crippen LogP contribution in [0.4, 0.5) is 28.4 Å². The van der Waals surface area contributed by atoms with Gasteiger partial charge in [-0.05, 0) is 147 Å². The summed E-state index contributed by atoms with van der Waals surface area (Å²) in [6.45, 7) is 0. The van der Waals surface area contributed by atoms with E-state index < -0.39 is 0 Å². The van der Waals surface area contributed by atoms with Crippen molar-refractivity contribution in [1.82, 2.24) is 0 Å². The number of nitrogens with zero attached hydrogens (tertiary/aromatic N) is 2. The fourth-order valence-corrected chi connectivity index (χ4v) is 10.1. The summed E-state index contributed by atoms with van der Waals surface area (Å²) in [4.78, 5) is 4.89. The minimum atomic E-state index is 0.165. The molecule has 308 valence electrons. The Balaban J connectivity index is 0.886. The largest absolute Gasteiger partial charge is 0.334 e. The van der Waals surface area contributed by atoms with Gasteiger partial charge < -0.3 is 9.80 Å². The van der Waals surface area contributed by atoms with E-state index in [2.05, 4.69) is 259 Å². The fraction of sp³-hybridized carbons (Fsp3) is 0.0968. The van der Waals surface area contributed by atoms with Gasteiger partial charge in [0, 0.05) is 28.4 Å². The standard InChI is InChI=1S/C62H50N2/c1-5-15-45(16-6-1)47-25-33-54(34-26-47)63(55-35-27-48(28-36-55)46-17-7-2-8-18-46)56-37-29-49(30-38-56)50-31-39-57(40-32-50)64(53-22-11-4-12-23-53)58-41-42-60-61(51-19-9-3-10-20-51)43-52-21-13-14-24-59(52)62(60)44-58/h1-19,21-39,41-42,44,51,57,61H,20,40,43H2. The van der Waals surface area contributed by atoms with Crippen LogP contribution in [0.25, 0.3) is 39.0 Å². The van der Waals surface area contributed by atoms with Crippen LogP contribution in [0, 0.1) is 5.92 Å². The summed E-state index contributed by atoms with van der Waals surface area (Å²) in [5, 5.41) is 0. The highest BCUT2D eigenvalue weighted by Crippen LogP contribution is 2.47. The highest BCUT2D eigenvalue weighted by atomic mass is 15.2. The van der Waals surface area contributed by atoms with Gasteiger partial charge in [0.2, 0.25) is 0 Å². The van der Waals surface area contributed by atoms with Gasteiger partial charge in [0.05, 0.1) is 6.04 Å². The van der Waals surface area contributed by atoms with Crippen molar-refractivity contribution in [3.63, 3.8) is 0 Å². The highest BCUT2D eigenvalue weighted by Gasteiger charge is 2.31. The van der Waals surface area contributed by atoms with E-state index in [9.17, 15) is 0 Å². The molecular weight excluding hydrogens is 773 g/mol. The molecule has 0 aliphatic heterocycles. The molecule has 11 rings (SSSR count). The highest BCUT2D eigenvalue weighted by molar-refractivity contribution is 5.84. The number of hydrogen-bond donors (Lipinski definition) is 0. The summed E-state index contributed by atoms with van der Waals surface area (Å²) in [6, 6.07) is 75.5. The van der Waals surface area contributed by atoms with Crippen molar-refractivity contribution in [2.45, 2.75) is 31.2 Å². The van der Waals surface area contributed by atoms with E-state index in [1.165, 1.54) is 67.0 Å². The number of benzene rings is 8. The summed E-state index contributed by atoms with van der Waals surface area (Å²) in [5.41, 5.74) is 18.7. The van der Waals surface area contributed by atoms with Crippen molar-refractivity contribution in [2.75, 3.05) is 9.80 Å². The number of allylic oxidation sites excluding steroid dienone is 6. The second kappa shape index (κ2) is 17.6. The van der Waals surface area contributed by atoms with Crippen molar-refractivity contribution in [3.8, 4) is 33.4 Å². The topological polar surface area (TPSA) is 6.48 Å². The molecule has 0 heterocycles. The Labute approximate surface area is 378 Å². The van der Waals surface area contributed by atoms with E-state index in [-0.39, 0.29) is 6.04 Å². The molecule has 64 heavy (non-hydrogen) atoms. The average molecular weight is 823 g/mol. The maximum absolute atomic E-state index is 2.53. The quantitative estimate of drug-likeness (QED) is 0.136. The molecule has 2 nitrogen and oxygen atoms in total. The first kappa shape index (κ1) is 39.2. The second-order valence-electron chi connectivity index (χ2n) is 17.2. The molecule has 0 bridgehead atoms. The molecule has 0 saturated carbocycles. The summed E-state index contributed by atoms with van der Waals surface area (Å²) < 4.78 is 0. The van der Waals surface area contributed by atoms with Crippen LogP contribution in [-0.4, -0.2) is 6.04 Å². The lowest BCUT2D eigenvalue weighted by molar-refractivity contribution is 0.501. The molecule has 2 heteroatoms. The van der Waals surface area contributed by atoms with Crippen molar-refractivity contribution in [1.29, 1.82) is 0 Å². The van der Waals surface area contributed by atoms with Gasteiger partial charge in [0.25, 0.3) is 0 Å². The molecule has 0 spiro atoms. The molecule has 0 aromatic heterocycles. The minimum Gasteiger partial charge on any atom is -0.334 e. The van der Waals surface area contributed by atoms with Crippen LogP contribution in [0.2, 0.25) is 0 Å². The Bertz CT molecular complexity index is 2910. The van der Waals surface area contributed by atoms with Gasteiger partial charge in [0.15, 0.2) is 0 Å². The number of para-hydroxylation sites is 1. The van der Waals surface area contributed by atoms with Crippen LogP contribution in [0.5, 0.6) is 0 Å². The molecule has 3 aliphatic rings. The Hall–Kier alpha value is -7.68. The lowest BCUT2D eigenvalue weighted by Crippen LogP contribution is -2.30. The van der Waals surface area contributed by atoms with Gasteiger partial charge >= 0.3 is 0 Å². The first-order valence-electron chi connectivity index (χ1n) is 22.7. The molecule has 3 aliphatic carbocycles. The third kappa shape index (κ3) is 7.84. The molecule has 0 amide bonds. The molecule has 0 fully saturated rings. The Morgan fingerprint density at radius 3 is 1.53 bits per heavy atom. The zero-order valence-electron chi connectivity index (χ0n) is 35.9. The first-order chi connectivity index (χ1) is 31.7. The van der Waals surface area contributed by atoms with Crippen molar-refractivity contribution >= 4 is 34.0 Å². The van der Waals surface area contributed by atoms with Gasteiger partial charge in [-0.15, -0.1) is 0 Å². The lowest BCUT2D eigenvalue weighted by Gasteiger charge is -2.36. The van der Waals surface area contributed by atoms with E-state index in [1.54, 1.807) is 0 Å². The Morgan fingerprint density at radius 1 is 0.406 bits per heavy atom. The lowest BCUT2D eigenvalue weighted by atomic mass is 9.71. The normalized spacial score (nSPS) is 17.2. The van der Waals surface area contributed by atoms with E-state index >= 15 is 0 Å². The first-order valence-corrected chi connectivity index (χ1v) is 22.7. The molecule has 0 N–H and O–H groups in total. The van der Waals surface area contributed by atoms with E-state index in [4.69, 9.17) is 0 Å². The summed E-state index contributed by atoms with van der Waals surface area (Å²) >= 11 is 0. The maximum atomic E-state index is 2.53. The number of hydrogen-bond acceptors (Lipinski definition) is 2. The van der Waals surface area contributed by atoms with Crippen LogP contribution >= 0.6 is 0 Å². The zero-order valence-corrected chi connectivity index (χ0v) is 35.9. The molecular formula is C62H50N2. The van der Waals surface area contributed by atoms with Crippen LogP contribution in [0.3, 0.4) is 0 Å². The zero-order chi connectivity index (χ0) is 42.7. The third-order valence-corrected chi connectivity index (χ3v) is 13.4.